The first-order chi connectivity index (χ1) is 10.6. The summed E-state index contributed by atoms with van der Waals surface area (Å²) in [5.41, 5.74) is 5.25. The summed E-state index contributed by atoms with van der Waals surface area (Å²) in [7, 11) is 0. The fourth-order valence-corrected chi connectivity index (χ4v) is 2.47. The van der Waals surface area contributed by atoms with Gasteiger partial charge in [0.2, 0.25) is 0 Å². The van der Waals surface area contributed by atoms with Crippen LogP contribution in [0.25, 0.3) is 0 Å². The van der Waals surface area contributed by atoms with Gasteiger partial charge in [0.1, 0.15) is 5.75 Å². The van der Waals surface area contributed by atoms with E-state index < -0.39 is 0 Å². The molecule has 0 aromatic heterocycles. The number of phenolic OH excluding ortho intramolecular Hbond substituents is 1. The molecule has 0 heterocycles. The standard InChI is InChI=1S/C20H19NO/c1-15-7-11-17(12-8-15)21(18-13-9-16(2)10-14-18)19-5-3-4-6-20(19)22/h3-14,22H,1-2H3. The van der Waals surface area contributed by atoms with Crippen molar-refractivity contribution in [1.29, 1.82) is 0 Å². The van der Waals surface area contributed by atoms with E-state index in [2.05, 4.69) is 67.3 Å². The molecule has 3 aromatic carbocycles. The van der Waals surface area contributed by atoms with Crippen molar-refractivity contribution in [2.24, 2.45) is 0 Å². The van der Waals surface area contributed by atoms with Crippen LogP contribution in [-0.4, -0.2) is 5.11 Å². The number of anilines is 3. The van der Waals surface area contributed by atoms with Crippen LogP contribution in [-0.2, 0) is 0 Å². The normalized spacial score (nSPS) is 10.5. The minimum Gasteiger partial charge on any atom is -0.506 e. The second-order valence-corrected chi connectivity index (χ2v) is 5.50. The van der Waals surface area contributed by atoms with Gasteiger partial charge in [-0.3, -0.25) is 0 Å². The van der Waals surface area contributed by atoms with Gasteiger partial charge < -0.3 is 10.0 Å². The lowest BCUT2D eigenvalue weighted by atomic mass is 10.1. The summed E-state index contributed by atoms with van der Waals surface area (Å²) in [5, 5.41) is 10.3. The molecule has 3 rings (SSSR count). The van der Waals surface area contributed by atoms with Crippen LogP contribution in [0.5, 0.6) is 5.75 Å². The summed E-state index contributed by atoms with van der Waals surface area (Å²) in [5.74, 6) is 0.267. The Morgan fingerprint density at radius 1 is 0.636 bits per heavy atom. The highest BCUT2D eigenvalue weighted by molar-refractivity contribution is 5.79. The van der Waals surface area contributed by atoms with Crippen LogP contribution < -0.4 is 4.90 Å². The number of hydrogen-bond donors (Lipinski definition) is 1. The second-order valence-electron chi connectivity index (χ2n) is 5.50. The lowest BCUT2D eigenvalue weighted by Gasteiger charge is -2.26. The molecule has 3 aromatic rings. The van der Waals surface area contributed by atoms with Gasteiger partial charge in [-0.25, -0.2) is 0 Å². The van der Waals surface area contributed by atoms with Gasteiger partial charge >= 0.3 is 0 Å². The van der Waals surface area contributed by atoms with Crippen LogP contribution in [0.3, 0.4) is 0 Å². The quantitative estimate of drug-likeness (QED) is 0.690. The third kappa shape index (κ3) is 2.82. The molecular formula is C20H19NO. The van der Waals surface area contributed by atoms with E-state index in [4.69, 9.17) is 0 Å². The van der Waals surface area contributed by atoms with Crippen LogP contribution in [0.2, 0.25) is 0 Å². The molecule has 0 saturated carbocycles. The molecule has 0 radical (unpaired) electrons. The van der Waals surface area contributed by atoms with E-state index in [0.29, 0.717) is 0 Å². The van der Waals surface area contributed by atoms with Gasteiger partial charge in [-0.05, 0) is 50.2 Å². The monoisotopic (exact) mass is 289 g/mol. The first-order valence-electron chi connectivity index (χ1n) is 7.36. The Hall–Kier alpha value is -2.74. The summed E-state index contributed by atoms with van der Waals surface area (Å²) < 4.78 is 0. The van der Waals surface area contributed by atoms with Crippen LogP contribution in [0.1, 0.15) is 11.1 Å². The molecule has 0 unspecified atom stereocenters. The molecule has 110 valence electrons. The Morgan fingerprint density at radius 2 is 1.09 bits per heavy atom. The average Bonchev–Trinajstić information content (AvgIpc) is 2.53. The molecule has 1 N–H and O–H groups in total. The van der Waals surface area contributed by atoms with Gasteiger partial charge in [0, 0.05) is 11.4 Å². The van der Waals surface area contributed by atoms with E-state index in [1.54, 1.807) is 6.07 Å². The molecule has 2 heteroatoms. The SMILES string of the molecule is Cc1ccc(N(c2ccc(C)cc2)c2ccccc2O)cc1. The molecular weight excluding hydrogens is 270 g/mol. The van der Waals surface area contributed by atoms with Crippen molar-refractivity contribution >= 4 is 17.1 Å². The smallest absolute Gasteiger partial charge is 0.139 e. The maximum absolute atomic E-state index is 10.3. The highest BCUT2D eigenvalue weighted by atomic mass is 16.3. The number of phenols is 1. The van der Waals surface area contributed by atoms with Crippen molar-refractivity contribution in [2.75, 3.05) is 4.90 Å². The van der Waals surface area contributed by atoms with Crippen LogP contribution in [0, 0.1) is 13.8 Å². The number of nitrogens with zero attached hydrogens (tertiary/aromatic N) is 1. The first-order valence-corrected chi connectivity index (χ1v) is 7.36. The minimum absolute atomic E-state index is 0.267. The Morgan fingerprint density at radius 3 is 1.55 bits per heavy atom. The number of aromatic hydroxyl groups is 1. The Bertz CT molecular complexity index is 715. The predicted octanol–water partition coefficient (Wildman–Crippen LogP) is 5.48. The third-order valence-corrected chi connectivity index (χ3v) is 3.71. The fraction of sp³-hybridized carbons (Fsp3) is 0.100. The maximum Gasteiger partial charge on any atom is 0.139 e. The van der Waals surface area contributed by atoms with Crippen LogP contribution >= 0.6 is 0 Å². The Labute approximate surface area is 131 Å². The lowest BCUT2D eigenvalue weighted by molar-refractivity contribution is 0.476. The van der Waals surface area contributed by atoms with Crippen LogP contribution in [0.15, 0.2) is 72.8 Å². The third-order valence-electron chi connectivity index (χ3n) is 3.71. The van der Waals surface area contributed by atoms with Gasteiger partial charge in [-0.15, -0.1) is 0 Å². The highest BCUT2D eigenvalue weighted by Crippen LogP contribution is 2.39. The average molecular weight is 289 g/mol. The van der Waals surface area contributed by atoms with Crippen molar-refractivity contribution in [3.8, 4) is 5.75 Å². The number of hydrogen-bond acceptors (Lipinski definition) is 2. The predicted molar refractivity (Wildman–Crippen MR) is 92.3 cm³/mol. The maximum atomic E-state index is 10.3. The number of para-hydroxylation sites is 2. The molecule has 0 atom stereocenters. The van der Waals surface area contributed by atoms with Crippen molar-refractivity contribution in [2.45, 2.75) is 13.8 Å². The molecule has 0 aliphatic heterocycles. The summed E-state index contributed by atoms with van der Waals surface area (Å²) in [6, 6.07) is 24.0. The Kier molecular flexibility index (Phi) is 3.84. The molecule has 0 aliphatic carbocycles. The van der Waals surface area contributed by atoms with Crippen molar-refractivity contribution in [1.82, 2.24) is 0 Å². The summed E-state index contributed by atoms with van der Waals surface area (Å²) >= 11 is 0. The van der Waals surface area contributed by atoms with E-state index in [1.807, 2.05) is 18.2 Å². The molecule has 0 aliphatic rings. The molecule has 0 fully saturated rings. The molecule has 2 nitrogen and oxygen atoms in total. The van der Waals surface area contributed by atoms with Crippen molar-refractivity contribution in [3.05, 3.63) is 83.9 Å². The lowest BCUT2D eigenvalue weighted by Crippen LogP contribution is -2.10. The Balaban J connectivity index is 2.16. The zero-order valence-corrected chi connectivity index (χ0v) is 12.8. The molecule has 0 spiro atoms. The highest BCUT2D eigenvalue weighted by Gasteiger charge is 2.15. The number of rotatable bonds is 3. The zero-order valence-electron chi connectivity index (χ0n) is 12.8. The first kappa shape index (κ1) is 14.2. The van der Waals surface area contributed by atoms with Gasteiger partial charge in [0.25, 0.3) is 0 Å². The summed E-state index contributed by atoms with van der Waals surface area (Å²) in [6.07, 6.45) is 0. The van der Waals surface area contributed by atoms with Crippen LogP contribution in [0.4, 0.5) is 17.1 Å². The van der Waals surface area contributed by atoms with E-state index in [9.17, 15) is 5.11 Å². The van der Waals surface area contributed by atoms with Gasteiger partial charge in [0.15, 0.2) is 0 Å². The second kappa shape index (κ2) is 5.94. The van der Waals surface area contributed by atoms with Gasteiger partial charge in [-0.1, -0.05) is 47.5 Å². The summed E-state index contributed by atoms with van der Waals surface area (Å²) in [6.45, 7) is 4.14. The molecule has 0 amide bonds. The fourth-order valence-electron chi connectivity index (χ4n) is 2.47. The summed E-state index contributed by atoms with van der Waals surface area (Å²) in [4.78, 5) is 2.06. The van der Waals surface area contributed by atoms with Crippen molar-refractivity contribution in [3.63, 3.8) is 0 Å². The molecule has 22 heavy (non-hydrogen) atoms. The number of benzene rings is 3. The van der Waals surface area contributed by atoms with Gasteiger partial charge in [0.05, 0.1) is 5.69 Å². The molecule has 0 bridgehead atoms. The largest absolute Gasteiger partial charge is 0.506 e. The topological polar surface area (TPSA) is 23.5 Å². The number of aryl methyl sites for hydroxylation is 2. The van der Waals surface area contributed by atoms with E-state index in [-0.39, 0.29) is 5.75 Å². The minimum atomic E-state index is 0.267. The zero-order chi connectivity index (χ0) is 15.5. The van der Waals surface area contributed by atoms with E-state index >= 15 is 0 Å². The van der Waals surface area contributed by atoms with Gasteiger partial charge in [-0.2, -0.15) is 0 Å². The molecule has 0 saturated heterocycles. The van der Waals surface area contributed by atoms with Crippen molar-refractivity contribution < 1.29 is 5.11 Å². The van der Waals surface area contributed by atoms with E-state index in [1.165, 1.54) is 11.1 Å². The van der Waals surface area contributed by atoms with E-state index in [0.717, 1.165) is 17.1 Å².